The minimum Gasteiger partial charge on any atom is -0.497 e. The molecular weight excluding hydrogens is 309 g/mol. The lowest BCUT2D eigenvalue weighted by molar-refractivity contribution is -0.137. The van der Waals surface area contributed by atoms with Crippen LogP contribution < -0.4 is 10.2 Å². The van der Waals surface area contributed by atoms with Crippen LogP contribution in [0.4, 0.5) is 13.2 Å². The SMILES string of the molecule is COc1ccc2c(=O)cc(-c3ccccc3C(F)(F)F)oc2c1. The first-order chi connectivity index (χ1) is 10.9. The highest BCUT2D eigenvalue weighted by atomic mass is 19.4. The highest BCUT2D eigenvalue weighted by Gasteiger charge is 2.34. The smallest absolute Gasteiger partial charge is 0.417 e. The van der Waals surface area contributed by atoms with Crippen molar-refractivity contribution in [2.45, 2.75) is 6.18 Å². The van der Waals surface area contributed by atoms with E-state index in [0.29, 0.717) is 5.75 Å². The molecular formula is C17H11F3O3. The van der Waals surface area contributed by atoms with E-state index in [1.54, 1.807) is 6.07 Å². The molecule has 0 atom stereocenters. The molecule has 0 aliphatic carbocycles. The van der Waals surface area contributed by atoms with Gasteiger partial charge in [-0.3, -0.25) is 4.79 Å². The van der Waals surface area contributed by atoms with Gasteiger partial charge in [-0.05, 0) is 18.2 Å². The molecule has 0 aliphatic rings. The van der Waals surface area contributed by atoms with Crippen LogP contribution in [0.15, 0.2) is 57.7 Å². The third-order valence-electron chi connectivity index (χ3n) is 3.43. The molecule has 3 rings (SSSR count). The summed E-state index contributed by atoms with van der Waals surface area (Å²) in [4.78, 5) is 12.2. The molecule has 0 amide bonds. The third-order valence-corrected chi connectivity index (χ3v) is 3.43. The fourth-order valence-electron chi connectivity index (χ4n) is 2.34. The summed E-state index contributed by atoms with van der Waals surface area (Å²) in [7, 11) is 1.45. The highest BCUT2D eigenvalue weighted by molar-refractivity contribution is 5.80. The number of ether oxygens (including phenoxy) is 1. The van der Waals surface area contributed by atoms with Crippen molar-refractivity contribution in [1.29, 1.82) is 0 Å². The van der Waals surface area contributed by atoms with Gasteiger partial charge < -0.3 is 9.15 Å². The Hall–Kier alpha value is -2.76. The van der Waals surface area contributed by atoms with E-state index in [9.17, 15) is 18.0 Å². The molecule has 23 heavy (non-hydrogen) atoms. The summed E-state index contributed by atoms with van der Waals surface area (Å²) < 4.78 is 50.0. The Morgan fingerprint density at radius 3 is 2.48 bits per heavy atom. The third kappa shape index (κ3) is 2.79. The minimum absolute atomic E-state index is 0.135. The van der Waals surface area contributed by atoms with Gasteiger partial charge in [0.2, 0.25) is 0 Å². The van der Waals surface area contributed by atoms with E-state index in [2.05, 4.69) is 0 Å². The van der Waals surface area contributed by atoms with Crippen LogP contribution in [0.1, 0.15) is 5.56 Å². The van der Waals surface area contributed by atoms with E-state index in [4.69, 9.17) is 9.15 Å². The number of methoxy groups -OCH3 is 1. The molecule has 6 heteroatoms. The van der Waals surface area contributed by atoms with Gasteiger partial charge in [0, 0.05) is 17.7 Å². The molecule has 2 aromatic carbocycles. The molecule has 1 heterocycles. The number of halogens is 3. The first-order valence-electron chi connectivity index (χ1n) is 6.68. The van der Waals surface area contributed by atoms with Gasteiger partial charge in [-0.15, -0.1) is 0 Å². The molecule has 3 nitrogen and oxygen atoms in total. The van der Waals surface area contributed by atoms with Crippen LogP contribution >= 0.6 is 0 Å². The standard InChI is InChI=1S/C17H11F3O3/c1-22-10-6-7-12-14(21)9-16(23-15(12)8-10)11-4-2-3-5-13(11)17(18,19)20/h2-9H,1H3. The summed E-state index contributed by atoms with van der Waals surface area (Å²) in [5.74, 6) is 0.311. The predicted octanol–water partition coefficient (Wildman–Crippen LogP) is 4.49. The normalized spacial score (nSPS) is 11.7. The highest BCUT2D eigenvalue weighted by Crippen LogP contribution is 2.37. The van der Waals surface area contributed by atoms with Crippen molar-refractivity contribution in [3.63, 3.8) is 0 Å². The minimum atomic E-state index is -4.54. The van der Waals surface area contributed by atoms with E-state index in [0.717, 1.165) is 12.1 Å². The number of benzene rings is 2. The number of hydrogen-bond acceptors (Lipinski definition) is 3. The molecule has 1 aromatic heterocycles. The summed E-state index contributed by atoms with van der Waals surface area (Å²) in [6, 6.07) is 10.6. The molecule has 0 fully saturated rings. The quantitative estimate of drug-likeness (QED) is 0.698. The van der Waals surface area contributed by atoms with Crippen LogP contribution in [-0.4, -0.2) is 7.11 Å². The van der Waals surface area contributed by atoms with Gasteiger partial charge in [0.25, 0.3) is 0 Å². The van der Waals surface area contributed by atoms with E-state index in [1.165, 1.54) is 37.4 Å². The lowest BCUT2D eigenvalue weighted by Gasteiger charge is -2.12. The van der Waals surface area contributed by atoms with Crippen LogP contribution in [0.2, 0.25) is 0 Å². The average Bonchev–Trinajstić information content (AvgIpc) is 2.53. The number of alkyl halides is 3. The van der Waals surface area contributed by atoms with Gasteiger partial charge in [0.15, 0.2) is 5.43 Å². The maximum Gasteiger partial charge on any atom is 0.417 e. The summed E-state index contributed by atoms with van der Waals surface area (Å²) in [5, 5.41) is 0.277. The van der Waals surface area contributed by atoms with E-state index in [-0.39, 0.29) is 22.3 Å². The molecule has 3 aromatic rings. The molecule has 0 saturated carbocycles. The summed E-state index contributed by atoms with van der Waals surface area (Å²) in [5.41, 5.74) is -1.28. The van der Waals surface area contributed by atoms with Crippen molar-refractivity contribution in [1.82, 2.24) is 0 Å². The van der Waals surface area contributed by atoms with Gasteiger partial charge in [-0.1, -0.05) is 18.2 Å². The van der Waals surface area contributed by atoms with Crippen LogP contribution in [0.5, 0.6) is 5.75 Å². The number of rotatable bonds is 2. The van der Waals surface area contributed by atoms with E-state index >= 15 is 0 Å². The molecule has 0 radical (unpaired) electrons. The van der Waals surface area contributed by atoms with Gasteiger partial charge in [-0.2, -0.15) is 13.2 Å². The van der Waals surface area contributed by atoms with Gasteiger partial charge in [0.1, 0.15) is 17.1 Å². The molecule has 0 aliphatic heterocycles. The Bertz CT molecular complexity index is 926. The Kier molecular flexibility index (Phi) is 3.60. The van der Waals surface area contributed by atoms with Crippen LogP contribution in [0.25, 0.3) is 22.3 Å². The van der Waals surface area contributed by atoms with Crippen molar-refractivity contribution in [2.24, 2.45) is 0 Å². The zero-order valence-electron chi connectivity index (χ0n) is 12.0. The molecule has 0 saturated heterocycles. The fourth-order valence-corrected chi connectivity index (χ4v) is 2.34. The first kappa shape index (κ1) is 15.1. The zero-order valence-corrected chi connectivity index (χ0v) is 12.0. The maximum absolute atomic E-state index is 13.1. The van der Waals surface area contributed by atoms with Crippen LogP contribution in [0.3, 0.4) is 0 Å². The molecule has 0 N–H and O–H groups in total. The van der Waals surface area contributed by atoms with Crippen molar-refractivity contribution in [3.8, 4) is 17.1 Å². The maximum atomic E-state index is 13.1. The van der Waals surface area contributed by atoms with Crippen LogP contribution in [0, 0.1) is 0 Å². The van der Waals surface area contributed by atoms with E-state index in [1.807, 2.05) is 0 Å². The molecule has 0 unspecified atom stereocenters. The Balaban J connectivity index is 2.28. The summed E-state index contributed by atoms with van der Waals surface area (Å²) in [6.07, 6.45) is -4.54. The van der Waals surface area contributed by atoms with Crippen molar-refractivity contribution in [3.05, 3.63) is 64.3 Å². The van der Waals surface area contributed by atoms with E-state index < -0.39 is 17.2 Å². The Morgan fingerprint density at radius 2 is 1.78 bits per heavy atom. The Morgan fingerprint density at radius 1 is 1.04 bits per heavy atom. The zero-order chi connectivity index (χ0) is 16.6. The largest absolute Gasteiger partial charge is 0.497 e. The topological polar surface area (TPSA) is 39.4 Å². The summed E-state index contributed by atoms with van der Waals surface area (Å²) in [6.45, 7) is 0. The van der Waals surface area contributed by atoms with Gasteiger partial charge >= 0.3 is 6.18 Å². The van der Waals surface area contributed by atoms with Gasteiger partial charge in [-0.25, -0.2) is 0 Å². The van der Waals surface area contributed by atoms with Crippen molar-refractivity contribution >= 4 is 11.0 Å². The molecule has 0 spiro atoms. The lowest BCUT2D eigenvalue weighted by Crippen LogP contribution is -2.08. The molecule has 0 bridgehead atoms. The first-order valence-corrected chi connectivity index (χ1v) is 6.68. The second kappa shape index (κ2) is 5.46. The fraction of sp³-hybridized carbons (Fsp3) is 0.118. The molecule has 118 valence electrons. The second-order valence-electron chi connectivity index (χ2n) is 4.88. The number of fused-ring (bicyclic) bond motifs is 1. The monoisotopic (exact) mass is 320 g/mol. The lowest BCUT2D eigenvalue weighted by atomic mass is 10.0. The Labute approximate surface area is 128 Å². The number of hydrogen-bond donors (Lipinski definition) is 0. The second-order valence-corrected chi connectivity index (χ2v) is 4.88. The van der Waals surface area contributed by atoms with Gasteiger partial charge in [0.05, 0.1) is 18.1 Å². The average molecular weight is 320 g/mol. The summed E-state index contributed by atoms with van der Waals surface area (Å²) >= 11 is 0. The predicted molar refractivity (Wildman–Crippen MR) is 79.5 cm³/mol. The van der Waals surface area contributed by atoms with Crippen molar-refractivity contribution < 1.29 is 22.3 Å². The van der Waals surface area contributed by atoms with Crippen LogP contribution in [-0.2, 0) is 6.18 Å². The van der Waals surface area contributed by atoms with Crippen molar-refractivity contribution in [2.75, 3.05) is 7.11 Å².